The lowest BCUT2D eigenvalue weighted by Gasteiger charge is -2.16. The lowest BCUT2D eigenvalue weighted by Crippen LogP contribution is -2.40. The molecule has 1 unspecified atom stereocenters. The van der Waals surface area contributed by atoms with Gasteiger partial charge in [0.25, 0.3) is 0 Å². The molecule has 0 aliphatic rings. The Hall–Kier alpha value is -1.66. The van der Waals surface area contributed by atoms with E-state index in [0.29, 0.717) is 24.3 Å². The number of methoxy groups -OCH3 is 1. The van der Waals surface area contributed by atoms with E-state index in [-0.39, 0.29) is 18.3 Å². The van der Waals surface area contributed by atoms with Crippen LogP contribution in [0.15, 0.2) is 18.2 Å². The Bertz CT molecular complexity index is 466. The summed E-state index contributed by atoms with van der Waals surface area (Å²) in [7, 11) is 1.55. The van der Waals surface area contributed by atoms with E-state index in [1.54, 1.807) is 19.2 Å². The molecule has 1 rings (SSSR count). The molecule has 0 aromatic heterocycles. The first kappa shape index (κ1) is 17.4. The van der Waals surface area contributed by atoms with E-state index in [1.807, 2.05) is 13.8 Å². The summed E-state index contributed by atoms with van der Waals surface area (Å²) >= 11 is 0. The highest BCUT2D eigenvalue weighted by Gasteiger charge is 2.12. The van der Waals surface area contributed by atoms with Crippen molar-refractivity contribution in [3.63, 3.8) is 0 Å². The van der Waals surface area contributed by atoms with Crippen LogP contribution in [-0.2, 0) is 4.74 Å². The lowest BCUT2D eigenvalue weighted by atomic mass is 10.0. The molecule has 118 valence electrons. The van der Waals surface area contributed by atoms with E-state index in [1.165, 1.54) is 6.07 Å². The summed E-state index contributed by atoms with van der Waals surface area (Å²) in [5, 5.41) is 14.3. The minimum Gasteiger partial charge on any atom is -0.394 e. The molecule has 0 bridgehead atoms. The number of carbonyl (C=O) groups is 1. The maximum Gasteiger partial charge on any atom is 0.319 e. The van der Waals surface area contributed by atoms with Crippen molar-refractivity contribution in [2.24, 2.45) is 0 Å². The van der Waals surface area contributed by atoms with E-state index in [0.717, 1.165) is 0 Å². The normalized spacial score (nSPS) is 12.3. The van der Waals surface area contributed by atoms with Gasteiger partial charge in [0.15, 0.2) is 0 Å². The average Bonchev–Trinajstić information content (AvgIpc) is 2.43. The van der Waals surface area contributed by atoms with E-state index in [9.17, 15) is 9.18 Å². The van der Waals surface area contributed by atoms with Crippen molar-refractivity contribution in [1.29, 1.82) is 0 Å². The second kappa shape index (κ2) is 8.59. The first-order chi connectivity index (χ1) is 9.97. The quantitative estimate of drug-likeness (QED) is 0.724. The van der Waals surface area contributed by atoms with Crippen LogP contribution in [0.2, 0.25) is 0 Å². The summed E-state index contributed by atoms with van der Waals surface area (Å²) in [5.41, 5.74) is 0.979. The molecule has 0 aliphatic heterocycles. The Labute approximate surface area is 124 Å². The summed E-state index contributed by atoms with van der Waals surface area (Å²) in [6, 6.07) is 3.72. The highest BCUT2D eigenvalue weighted by molar-refractivity contribution is 5.89. The Morgan fingerprint density at radius 1 is 1.43 bits per heavy atom. The number of ether oxygens (including phenoxy) is 1. The molecular formula is C15H23FN2O3. The molecule has 0 saturated heterocycles. The zero-order valence-electron chi connectivity index (χ0n) is 12.6. The van der Waals surface area contributed by atoms with Crippen molar-refractivity contribution in [3.8, 4) is 0 Å². The van der Waals surface area contributed by atoms with Crippen LogP contribution in [0, 0.1) is 5.82 Å². The number of aliphatic hydroxyl groups is 1. The lowest BCUT2D eigenvalue weighted by molar-refractivity contribution is 0.161. The third kappa shape index (κ3) is 5.69. The molecule has 3 N–H and O–H groups in total. The highest BCUT2D eigenvalue weighted by atomic mass is 19.1. The van der Waals surface area contributed by atoms with Crippen LogP contribution in [0.1, 0.15) is 31.7 Å². The zero-order chi connectivity index (χ0) is 15.8. The average molecular weight is 298 g/mol. The SMILES string of the molecule is COCCC(CO)NC(=O)Nc1ccc(C(C)C)c(F)c1. The summed E-state index contributed by atoms with van der Waals surface area (Å²) in [5.74, 6) is -0.262. The van der Waals surface area contributed by atoms with Crippen LogP contribution in [0.5, 0.6) is 0 Å². The Morgan fingerprint density at radius 3 is 2.67 bits per heavy atom. The van der Waals surface area contributed by atoms with E-state index < -0.39 is 12.1 Å². The van der Waals surface area contributed by atoms with Gasteiger partial charge in [0.2, 0.25) is 0 Å². The van der Waals surface area contributed by atoms with Crippen molar-refractivity contribution in [2.45, 2.75) is 32.2 Å². The van der Waals surface area contributed by atoms with Gasteiger partial charge in [0, 0.05) is 19.4 Å². The molecule has 2 amide bonds. The fourth-order valence-electron chi connectivity index (χ4n) is 1.89. The number of aliphatic hydroxyl groups excluding tert-OH is 1. The smallest absolute Gasteiger partial charge is 0.319 e. The molecule has 1 atom stereocenters. The third-order valence-corrected chi connectivity index (χ3v) is 3.11. The fourth-order valence-corrected chi connectivity index (χ4v) is 1.89. The monoisotopic (exact) mass is 298 g/mol. The number of amides is 2. The van der Waals surface area contributed by atoms with Gasteiger partial charge in [-0.2, -0.15) is 0 Å². The third-order valence-electron chi connectivity index (χ3n) is 3.11. The van der Waals surface area contributed by atoms with Crippen LogP contribution in [-0.4, -0.2) is 37.5 Å². The number of hydrogen-bond acceptors (Lipinski definition) is 3. The standard InChI is InChI=1S/C15H23FN2O3/c1-10(2)13-5-4-11(8-14(13)16)17-15(20)18-12(9-19)6-7-21-3/h4-5,8,10,12,19H,6-7,9H2,1-3H3,(H2,17,18,20). The number of nitrogens with one attached hydrogen (secondary N) is 2. The Balaban J connectivity index is 2.60. The van der Waals surface area contributed by atoms with Crippen LogP contribution >= 0.6 is 0 Å². The molecule has 0 spiro atoms. The highest BCUT2D eigenvalue weighted by Crippen LogP contribution is 2.21. The van der Waals surface area contributed by atoms with Crippen molar-refractivity contribution in [3.05, 3.63) is 29.6 Å². The molecule has 5 nitrogen and oxygen atoms in total. The predicted molar refractivity (Wildman–Crippen MR) is 80.0 cm³/mol. The Morgan fingerprint density at radius 2 is 2.14 bits per heavy atom. The van der Waals surface area contributed by atoms with Gasteiger partial charge in [-0.15, -0.1) is 0 Å². The first-order valence-electron chi connectivity index (χ1n) is 6.94. The maximum absolute atomic E-state index is 13.8. The minimum atomic E-state index is -0.484. The second-order valence-corrected chi connectivity index (χ2v) is 5.15. The molecule has 0 saturated carbocycles. The van der Waals surface area contributed by atoms with Gasteiger partial charge in [-0.3, -0.25) is 0 Å². The molecule has 21 heavy (non-hydrogen) atoms. The summed E-state index contributed by atoms with van der Waals surface area (Å²) in [6.07, 6.45) is 0.501. The van der Waals surface area contributed by atoms with Gasteiger partial charge in [-0.05, 0) is 30.0 Å². The summed E-state index contributed by atoms with van der Waals surface area (Å²) in [6.45, 7) is 4.06. The molecule has 0 fully saturated rings. The molecule has 1 aromatic carbocycles. The van der Waals surface area contributed by atoms with Crippen LogP contribution in [0.4, 0.5) is 14.9 Å². The molecule has 6 heteroatoms. The molecule has 0 radical (unpaired) electrons. The van der Waals surface area contributed by atoms with Gasteiger partial charge in [-0.25, -0.2) is 9.18 Å². The van der Waals surface area contributed by atoms with Crippen LogP contribution in [0.3, 0.4) is 0 Å². The summed E-state index contributed by atoms with van der Waals surface area (Å²) in [4.78, 5) is 11.8. The molecular weight excluding hydrogens is 275 g/mol. The van der Waals surface area contributed by atoms with Crippen LogP contribution in [0.25, 0.3) is 0 Å². The van der Waals surface area contributed by atoms with Gasteiger partial charge in [0.1, 0.15) is 5.82 Å². The van der Waals surface area contributed by atoms with Crippen LogP contribution < -0.4 is 10.6 Å². The number of hydrogen-bond donors (Lipinski definition) is 3. The van der Waals surface area contributed by atoms with E-state index in [2.05, 4.69) is 10.6 Å². The predicted octanol–water partition coefficient (Wildman–Crippen LogP) is 2.47. The number of rotatable bonds is 7. The number of halogens is 1. The summed E-state index contributed by atoms with van der Waals surface area (Å²) < 4.78 is 18.7. The van der Waals surface area contributed by atoms with Gasteiger partial charge in [0.05, 0.1) is 12.6 Å². The van der Waals surface area contributed by atoms with Crippen molar-refractivity contribution >= 4 is 11.7 Å². The number of anilines is 1. The minimum absolute atomic E-state index is 0.0840. The zero-order valence-corrected chi connectivity index (χ0v) is 12.6. The Kier molecular flexibility index (Phi) is 7.11. The molecule has 0 aliphatic carbocycles. The van der Waals surface area contributed by atoms with Crippen molar-refractivity contribution in [2.75, 3.05) is 25.6 Å². The van der Waals surface area contributed by atoms with E-state index in [4.69, 9.17) is 9.84 Å². The molecule has 1 aromatic rings. The van der Waals surface area contributed by atoms with E-state index >= 15 is 0 Å². The van der Waals surface area contributed by atoms with Gasteiger partial charge < -0.3 is 20.5 Å². The molecule has 0 heterocycles. The van der Waals surface area contributed by atoms with Crippen molar-refractivity contribution in [1.82, 2.24) is 5.32 Å². The van der Waals surface area contributed by atoms with Gasteiger partial charge >= 0.3 is 6.03 Å². The maximum atomic E-state index is 13.8. The number of benzene rings is 1. The largest absolute Gasteiger partial charge is 0.394 e. The second-order valence-electron chi connectivity index (χ2n) is 5.15. The topological polar surface area (TPSA) is 70.6 Å². The first-order valence-corrected chi connectivity index (χ1v) is 6.94. The van der Waals surface area contributed by atoms with Gasteiger partial charge in [-0.1, -0.05) is 19.9 Å². The number of urea groups is 1. The van der Waals surface area contributed by atoms with Crippen molar-refractivity contribution < 1.29 is 19.0 Å². The fraction of sp³-hybridized carbons (Fsp3) is 0.533. The number of carbonyl (C=O) groups excluding carboxylic acids is 1.